The molecule has 96 valence electrons. The smallest absolute Gasteiger partial charge is 2.00 e. The normalized spacial score (nSPS) is 9.78. The molecular formula is H2CrO12P2Zn3. The minimum atomic E-state index is -5.39. The van der Waals surface area contributed by atoms with Crippen molar-refractivity contribution >= 4 is 15.6 Å². The van der Waals surface area contributed by atoms with Gasteiger partial charge in [0.15, 0.2) is 0 Å². The van der Waals surface area contributed by atoms with Crippen LogP contribution in [0.5, 0.6) is 0 Å². The van der Waals surface area contributed by atoms with Gasteiger partial charge in [0.25, 0.3) is 0 Å². The van der Waals surface area contributed by atoms with E-state index < -0.39 is 29.3 Å². The minimum absolute atomic E-state index is 0. The van der Waals surface area contributed by atoms with Gasteiger partial charge in [0.05, 0.1) is 0 Å². The van der Waals surface area contributed by atoms with Crippen LogP contribution in [0.3, 0.4) is 0 Å². The zero-order chi connectivity index (χ0) is 13.5. The van der Waals surface area contributed by atoms with E-state index >= 15 is 0 Å². The largest absolute Gasteiger partial charge is 2.00 e. The molecule has 0 amide bonds. The second-order valence-corrected chi connectivity index (χ2v) is 4.53. The van der Waals surface area contributed by atoms with Crippen molar-refractivity contribution in [2.24, 2.45) is 0 Å². The quantitative estimate of drug-likeness (QED) is 0.231. The van der Waals surface area contributed by atoms with Crippen molar-refractivity contribution < 1.29 is 126 Å². The Morgan fingerprint density at radius 3 is 0.667 bits per heavy atom. The zero-order valence-corrected chi connectivity index (χ0v) is 20.4. The van der Waals surface area contributed by atoms with E-state index in [1.54, 1.807) is 0 Å². The fraction of sp³-hybridized carbons (Fsp3) is 0. The molecule has 2 N–H and O–H groups in total. The van der Waals surface area contributed by atoms with E-state index in [-0.39, 0.29) is 58.4 Å². The third-order valence-corrected chi connectivity index (χ3v) is 0. The van der Waals surface area contributed by atoms with Crippen LogP contribution in [0.1, 0.15) is 0 Å². The van der Waals surface area contributed by atoms with Crippen molar-refractivity contribution in [3.05, 3.63) is 0 Å². The predicted molar refractivity (Wildman–Crippen MR) is 21.0 cm³/mol. The molecule has 0 radical (unpaired) electrons. The van der Waals surface area contributed by atoms with E-state index in [1.165, 1.54) is 0 Å². The van der Waals surface area contributed by atoms with Crippen molar-refractivity contribution in [1.82, 2.24) is 0 Å². The van der Waals surface area contributed by atoms with Gasteiger partial charge < -0.3 is 38.5 Å². The van der Waals surface area contributed by atoms with Gasteiger partial charge in [0, 0.05) is 0 Å². The van der Waals surface area contributed by atoms with Crippen molar-refractivity contribution in [2.75, 3.05) is 0 Å². The van der Waals surface area contributed by atoms with Crippen LogP contribution >= 0.6 is 15.6 Å². The van der Waals surface area contributed by atoms with Crippen LogP contribution in [-0.4, -0.2) is 8.32 Å². The number of rotatable bonds is 0. The summed E-state index contributed by atoms with van der Waals surface area (Å²) >= 11 is -5.25. The minimum Gasteiger partial charge on any atom is 2.00 e. The molecule has 0 saturated carbocycles. The van der Waals surface area contributed by atoms with Crippen molar-refractivity contribution in [3.8, 4) is 0 Å². The van der Waals surface area contributed by atoms with E-state index in [4.69, 9.17) is 54.4 Å². The summed E-state index contributed by atoms with van der Waals surface area (Å²) in [4.78, 5) is 51.3. The number of hydrogen-bond donors (Lipinski definition) is 2. The molecule has 0 unspecified atom stereocenters. The number of hydrogen-bond acceptors (Lipinski definition) is 10. The predicted octanol–water partition coefficient (Wildman–Crippen LogP) is -7.01. The molecule has 0 saturated heterocycles. The molecule has 12 nitrogen and oxygen atoms in total. The van der Waals surface area contributed by atoms with E-state index in [0.717, 1.165) is 0 Å². The third kappa shape index (κ3) is 1160. The van der Waals surface area contributed by atoms with Crippen LogP contribution < -0.4 is 29.4 Å². The zero-order valence-electron chi connectivity index (χ0n) is 8.40. The maximum atomic E-state index is 8.82. The molecule has 0 aliphatic carbocycles. The summed E-state index contributed by atoms with van der Waals surface area (Å²) in [5, 5.41) is 0. The van der Waals surface area contributed by atoms with Gasteiger partial charge >= 0.3 is 88.0 Å². The molecule has 0 rings (SSSR count). The SMILES string of the molecule is O=P([O-])([O-])[O-].O=P([O-])([O-])[O-].[O]=[Cr](=[O])([OH])[OH].[Zn+2].[Zn+2].[Zn+2]. The average Bonchev–Trinajstić information content (AvgIpc) is 1.41. The summed E-state index contributed by atoms with van der Waals surface area (Å²) in [6.45, 7) is 0. The van der Waals surface area contributed by atoms with Gasteiger partial charge in [-0.3, -0.25) is 0 Å². The summed E-state index contributed by atoms with van der Waals surface area (Å²) in [6.07, 6.45) is 0. The Morgan fingerprint density at radius 2 is 0.667 bits per heavy atom. The summed E-state index contributed by atoms with van der Waals surface area (Å²) < 4.78 is 49.0. The molecule has 0 atom stereocenters. The first-order chi connectivity index (χ1) is 6.00. The van der Waals surface area contributed by atoms with Gasteiger partial charge in [0.1, 0.15) is 0 Å². The molecule has 0 spiro atoms. The molecule has 18 heavy (non-hydrogen) atoms. The molecular weight excluding hydrogens is 502 g/mol. The Morgan fingerprint density at radius 1 is 0.667 bits per heavy atom. The monoisotopic (exact) mass is 500 g/mol. The maximum Gasteiger partial charge on any atom is 2.00 e. The standard InChI is InChI=1S/Cr.2H3O4P.2H2O.2O.3Zn/c;2*1-5(2,3)4;;;;;;;/h;2*(H3,1,2,3,4);2*1H2;;;;;/q+2;;;;;;;3*+2/p-8. The second-order valence-electron chi connectivity index (χ2n) is 1.34. The molecule has 0 aromatic heterocycles. The maximum absolute atomic E-state index is 8.82. The molecule has 0 heterocycles. The van der Waals surface area contributed by atoms with Gasteiger partial charge in [-0.15, -0.1) is 0 Å². The molecule has 0 bridgehead atoms. The summed E-state index contributed by atoms with van der Waals surface area (Å²) in [7, 11) is -10.8. The molecule has 0 aliphatic rings. The summed E-state index contributed by atoms with van der Waals surface area (Å²) in [5.41, 5.74) is 0. The Bertz CT molecular complexity index is 290. The Labute approximate surface area is 141 Å². The third-order valence-electron chi connectivity index (χ3n) is 0. The fourth-order valence-corrected chi connectivity index (χ4v) is 0. The number of phosphoric acid groups is 2. The van der Waals surface area contributed by atoms with Crippen LogP contribution in [0, 0.1) is 0 Å². The van der Waals surface area contributed by atoms with E-state index in [2.05, 4.69) is 0 Å². The van der Waals surface area contributed by atoms with Crippen molar-refractivity contribution in [1.29, 1.82) is 0 Å². The fourth-order valence-electron chi connectivity index (χ4n) is 0. The van der Waals surface area contributed by atoms with Crippen LogP contribution in [-0.2, 0) is 88.8 Å². The van der Waals surface area contributed by atoms with Crippen LogP contribution in [0.25, 0.3) is 0 Å². The van der Waals surface area contributed by atoms with Crippen LogP contribution in [0.4, 0.5) is 0 Å². The summed E-state index contributed by atoms with van der Waals surface area (Å²) in [5.74, 6) is 0. The van der Waals surface area contributed by atoms with Gasteiger partial charge in [-0.05, 0) is 0 Å². The molecule has 18 heteroatoms. The van der Waals surface area contributed by atoms with Crippen molar-refractivity contribution in [3.63, 3.8) is 0 Å². The second kappa shape index (κ2) is 15.5. The van der Waals surface area contributed by atoms with Gasteiger partial charge in [-0.1, -0.05) is 0 Å². The van der Waals surface area contributed by atoms with Gasteiger partial charge in [0.2, 0.25) is 0 Å². The Balaban J connectivity index is -0.0000000277. The average molecular weight is 504 g/mol. The van der Waals surface area contributed by atoms with E-state index in [9.17, 15) is 0 Å². The first-order valence-corrected chi connectivity index (χ1v) is 7.26. The Hall–Kier alpha value is 2.14. The van der Waals surface area contributed by atoms with Gasteiger partial charge in [-0.25, -0.2) is 0 Å². The first kappa shape index (κ1) is 36.9. The molecule has 0 fully saturated rings. The van der Waals surface area contributed by atoms with Gasteiger partial charge in [-0.2, -0.15) is 15.6 Å². The molecule has 0 aromatic rings. The summed E-state index contributed by atoms with van der Waals surface area (Å²) in [6, 6.07) is 0. The topological polar surface area (TPSA) is 247 Å². The van der Waals surface area contributed by atoms with E-state index in [0.29, 0.717) is 0 Å². The van der Waals surface area contributed by atoms with Crippen molar-refractivity contribution in [2.45, 2.75) is 0 Å². The molecule has 0 aromatic carbocycles. The molecule has 0 aliphatic heterocycles. The van der Waals surface area contributed by atoms with Crippen LogP contribution in [0.2, 0.25) is 0 Å². The first-order valence-electron chi connectivity index (χ1n) is 2.16. The van der Waals surface area contributed by atoms with Crippen LogP contribution in [0.15, 0.2) is 0 Å². The Kier molecular flexibility index (Phi) is 31.8. The van der Waals surface area contributed by atoms with E-state index in [1.807, 2.05) is 0 Å².